The van der Waals surface area contributed by atoms with E-state index in [2.05, 4.69) is 10.3 Å². The van der Waals surface area contributed by atoms with E-state index in [-0.39, 0.29) is 17.5 Å². The van der Waals surface area contributed by atoms with Crippen molar-refractivity contribution in [3.05, 3.63) is 46.8 Å². The van der Waals surface area contributed by atoms with Crippen molar-refractivity contribution in [1.82, 2.24) is 4.98 Å². The Kier molecular flexibility index (Phi) is 6.45. The van der Waals surface area contributed by atoms with Gasteiger partial charge in [0.1, 0.15) is 6.42 Å². The number of nitrogens with zero attached hydrogens (tertiary/aromatic N) is 2. The predicted molar refractivity (Wildman–Crippen MR) is 101 cm³/mol. The zero-order valence-corrected chi connectivity index (χ0v) is 16.0. The van der Waals surface area contributed by atoms with Gasteiger partial charge in [-0.05, 0) is 31.5 Å². The summed E-state index contributed by atoms with van der Waals surface area (Å²) in [6.07, 6.45) is -0.293. The predicted octanol–water partition coefficient (Wildman–Crippen LogP) is 2.79. The lowest BCUT2D eigenvalue weighted by atomic mass is 9.92. The van der Waals surface area contributed by atoms with E-state index in [1.807, 2.05) is 0 Å². The van der Waals surface area contributed by atoms with Crippen molar-refractivity contribution in [1.29, 1.82) is 5.26 Å². The van der Waals surface area contributed by atoms with Crippen molar-refractivity contribution in [3.8, 4) is 17.2 Å². The third-order valence-electron chi connectivity index (χ3n) is 4.01. The molecule has 0 atom stereocenters. The lowest BCUT2D eigenvalue weighted by Gasteiger charge is -2.17. The number of nitrogens with one attached hydrogen (secondary N) is 1. The topological polar surface area (TPSA) is 118 Å². The molecule has 0 spiro atoms. The van der Waals surface area contributed by atoms with Crippen LogP contribution in [0.5, 0.6) is 0 Å². The Morgan fingerprint density at radius 1 is 1.07 bits per heavy atom. The number of ether oxygens (including phenoxy) is 2. The monoisotopic (exact) mass is 381 g/mol. The minimum atomic E-state index is -0.649. The van der Waals surface area contributed by atoms with Crippen molar-refractivity contribution in [2.24, 2.45) is 0 Å². The average molecular weight is 381 g/mol. The van der Waals surface area contributed by atoms with E-state index >= 15 is 0 Å². The second-order valence-corrected chi connectivity index (χ2v) is 5.85. The van der Waals surface area contributed by atoms with Crippen LogP contribution < -0.4 is 5.32 Å². The van der Waals surface area contributed by atoms with E-state index in [1.54, 1.807) is 44.2 Å². The number of carbonyl (C=O) groups excluding carboxylic acids is 3. The van der Waals surface area contributed by atoms with Crippen LogP contribution in [-0.4, -0.2) is 37.0 Å². The summed E-state index contributed by atoms with van der Waals surface area (Å²) in [6, 6.07) is 8.35. The molecule has 28 heavy (non-hydrogen) atoms. The molecule has 0 saturated heterocycles. The van der Waals surface area contributed by atoms with Gasteiger partial charge in [0, 0.05) is 11.3 Å². The SMILES string of the molecule is COC(=O)c1c(C)nc(C)c(C(=O)OC)c1-c1cccc(NC(=O)CC#N)c1. The molecule has 0 saturated carbocycles. The number of hydrogen-bond acceptors (Lipinski definition) is 7. The summed E-state index contributed by atoms with van der Waals surface area (Å²) in [5, 5.41) is 11.2. The van der Waals surface area contributed by atoms with Crippen LogP contribution in [0.2, 0.25) is 0 Å². The quantitative estimate of drug-likeness (QED) is 0.791. The Labute approximate surface area is 162 Å². The van der Waals surface area contributed by atoms with Crippen LogP contribution in [-0.2, 0) is 14.3 Å². The number of pyridine rings is 1. The van der Waals surface area contributed by atoms with E-state index in [1.165, 1.54) is 14.2 Å². The standard InChI is InChI=1S/C20H19N3O5/c1-11-16(19(25)27-3)18(17(12(2)22-11)20(26)28-4)13-6-5-7-14(10-13)23-15(24)8-9-21/h5-7,10H,8H2,1-4H3,(H,23,24). The van der Waals surface area contributed by atoms with Crippen molar-refractivity contribution >= 4 is 23.5 Å². The highest BCUT2D eigenvalue weighted by Crippen LogP contribution is 2.33. The molecule has 0 aliphatic rings. The Balaban J connectivity index is 2.76. The van der Waals surface area contributed by atoms with Gasteiger partial charge in [-0.25, -0.2) is 9.59 Å². The van der Waals surface area contributed by atoms with Crippen molar-refractivity contribution < 1.29 is 23.9 Å². The summed E-state index contributed by atoms with van der Waals surface area (Å²) in [4.78, 5) is 40.9. The maximum absolute atomic E-state index is 12.4. The van der Waals surface area contributed by atoms with Crippen molar-refractivity contribution in [2.45, 2.75) is 20.3 Å². The summed E-state index contributed by atoms with van der Waals surface area (Å²) in [7, 11) is 2.48. The molecule has 144 valence electrons. The van der Waals surface area contributed by atoms with Gasteiger partial charge in [-0.2, -0.15) is 5.26 Å². The minimum Gasteiger partial charge on any atom is -0.465 e. The van der Waals surface area contributed by atoms with Gasteiger partial charge in [-0.15, -0.1) is 0 Å². The number of anilines is 1. The third-order valence-corrected chi connectivity index (χ3v) is 4.01. The molecule has 0 fully saturated rings. The second-order valence-electron chi connectivity index (χ2n) is 5.85. The highest BCUT2D eigenvalue weighted by Gasteiger charge is 2.27. The molecule has 1 N–H and O–H groups in total. The van der Waals surface area contributed by atoms with E-state index in [9.17, 15) is 14.4 Å². The lowest BCUT2D eigenvalue weighted by molar-refractivity contribution is -0.115. The fraction of sp³-hybridized carbons (Fsp3) is 0.250. The van der Waals surface area contributed by atoms with Gasteiger partial charge in [-0.1, -0.05) is 12.1 Å². The first kappa shape index (κ1) is 20.6. The number of hydrogen-bond donors (Lipinski definition) is 1. The van der Waals surface area contributed by atoms with Gasteiger partial charge in [0.2, 0.25) is 5.91 Å². The molecule has 8 nitrogen and oxygen atoms in total. The first-order chi connectivity index (χ1) is 13.3. The number of benzene rings is 1. The second kappa shape index (κ2) is 8.77. The lowest BCUT2D eigenvalue weighted by Crippen LogP contribution is -2.16. The van der Waals surface area contributed by atoms with E-state index in [0.717, 1.165) is 0 Å². The zero-order chi connectivity index (χ0) is 20.8. The van der Waals surface area contributed by atoms with Crippen LogP contribution in [0, 0.1) is 25.2 Å². The molecule has 0 aliphatic heterocycles. The van der Waals surface area contributed by atoms with E-state index in [4.69, 9.17) is 14.7 Å². The number of aromatic nitrogens is 1. The smallest absolute Gasteiger partial charge is 0.340 e. The van der Waals surface area contributed by atoms with Crippen LogP contribution in [0.3, 0.4) is 0 Å². The molecule has 1 aromatic heterocycles. The van der Waals surface area contributed by atoms with Gasteiger partial charge in [-0.3, -0.25) is 9.78 Å². The maximum Gasteiger partial charge on any atom is 0.340 e. The number of carbonyl (C=O) groups is 3. The summed E-state index contributed by atoms with van der Waals surface area (Å²) < 4.78 is 9.75. The largest absolute Gasteiger partial charge is 0.465 e. The molecule has 0 aliphatic carbocycles. The van der Waals surface area contributed by atoms with E-state index in [0.29, 0.717) is 28.2 Å². The number of rotatable bonds is 5. The minimum absolute atomic E-state index is 0.133. The van der Waals surface area contributed by atoms with Crippen molar-refractivity contribution in [3.63, 3.8) is 0 Å². The zero-order valence-electron chi connectivity index (χ0n) is 16.0. The number of aryl methyl sites for hydroxylation is 2. The Hall–Kier alpha value is -3.73. The first-order valence-electron chi connectivity index (χ1n) is 8.29. The van der Waals surface area contributed by atoms with Gasteiger partial charge in [0.25, 0.3) is 0 Å². The normalized spacial score (nSPS) is 9.96. The number of amides is 1. The summed E-state index contributed by atoms with van der Waals surface area (Å²) in [5.74, 6) is -1.77. The molecule has 1 aromatic carbocycles. The average Bonchev–Trinajstić information content (AvgIpc) is 2.66. The van der Waals surface area contributed by atoms with Crippen molar-refractivity contribution in [2.75, 3.05) is 19.5 Å². The molecule has 2 rings (SSSR count). The van der Waals surface area contributed by atoms with Gasteiger partial charge in [0.15, 0.2) is 0 Å². The Bertz CT molecular complexity index is 952. The molecule has 2 aromatic rings. The molecule has 0 bridgehead atoms. The Morgan fingerprint density at radius 3 is 2.14 bits per heavy atom. The van der Waals surface area contributed by atoms with Crippen LogP contribution in [0.1, 0.15) is 38.5 Å². The Morgan fingerprint density at radius 2 is 1.64 bits per heavy atom. The fourth-order valence-electron chi connectivity index (χ4n) is 2.87. The van der Waals surface area contributed by atoms with Crippen LogP contribution in [0.4, 0.5) is 5.69 Å². The van der Waals surface area contributed by atoms with Gasteiger partial charge in [0.05, 0.1) is 42.8 Å². The summed E-state index contributed by atoms with van der Waals surface area (Å²) in [5.41, 5.74) is 2.26. The molecular formula is C20H19N3O5. The summed E-state index contributed by atoms with van der Waals surface area (Å²) >= 11 is 0. The molecule has 8 heteroatoms. The van der Waals surface area contributed by atoms with Crippen LogP contribution in [0.15, 0.2) is 24.3 Å². The third kappa shape index (κ3) is 4.15. The van der Waals surface area contributed by atoms with Gasteiger partial charge < -0.3 is 14.8 Å². The molecule has 0 radical (unpaired) electrons. The van der Waals surface area contributed by atoms with E-state index < -0.39 is 17.8 Å². The first-order valence-corrected chi connectivity index (χ1v) is 8.29. The highest BCUT2D eigenvalue weighted by atomic mass is 16.5. The van der Waals surface area contributed by atoms with Gasteiger partial charge >= 0.3 is 11.9 Å². The number of esters is 2. The summed E-state index contributed by atoms with van der Waals surface area (Å²) in [6.45, 7) is 3.28. The molecule has 1 heterocycles. The fourth-order valence-corrected chi connectivity index (χ4v) is 2.87. The molecule has 0 unspecified atom stereocenters. The van der Waals surface area contributed by atoms with Crippen LogP contribution >= 0.6 is 0 Å². The van der Waals surface area contributed by atoms with Crippen LogP contribution in [0.25, 0.3) is 11.1 Å². The maximum atomic E-state index is 12.4. The molecular weight excluding hydrogens is 362 g/mol. The highest BCUT2D eigenvalue weighted by molar-refractivity contribution is 6.07. The number of methoxy groups -OCH3 is 2. The number of nitriles is 1. The molecule has 1 amide bonds.